The van der Waals surface area contributed by atoms with E-state index in [2.05, 4.69) is 15.6 Å². The van der Waals surface area contributed by atoms with Gasteiger partial charge in [-0.25, -0.2) is 4.98 Å². The lowest BCUT2D eigenvalue weighted by Crippen LogP contribution is -2.49. The second-order valence-electron chi connectivity index (χ2n) is 4.33. The molecule has 0 spiro atoms. The minimum Gasteiger partial charge on any atom is -0.324 e. The highest BCUT2D eigenvalue weighted by Crippen LogP contribution is 2.43. The van der Waals surface area contributed by atoms with Crippen molar-refractivity contribution in [2.24, 2.45) is 5.41 Å². The molecule has 104 valence electrons. The Morgan fingerprint density at radius 2 is 2.16 bits per heavy atom. The largest absolute Gasteiger partial charge is 0.404 e. The summed E-state index contributed by atoms with van der Waals surface area (Å²) in [5.41, 5.74) is -2.41. The molecular formula is C11H11F4N3O. The first-order valence-electron chi connectivity index (χ1n) is 5.56. The summed E-state index contributed by atoms with van der Waals surface area (Å²) in [7, 11) is 0. The fourth-order valence-electron chi connectivity index (χ4n) is 1.96. The van der Waals surface area contributed by atoms with Gasteiger partial charge in [0, 0.05) is 6.54 Å². The van der Waals surface area contributed by atoms with Gasteiger partial charge in [-0.15, -0.1) is 0 Å². The summed E-state index contributed by atoms with van der Waals surface area (Å²) in [4.78, 5) is 15.1. The van der Waals surface area contributed by atoms with Gasteiger partial charge < -0.3 is 10.6 Å². The average molecular weight is 277 g/mol. The van der Waals surface area contributed by atoms with E-state index in [1.165, 1.54) is 0 Å². The van der Waals surface area contributed by atoms with Crippen molar-refractivity contribution in [1.29, 1.82) is 0 Å². The van der Waals surface area contributed by atoms with Crippen LogP contribution < -0.4 is 10.6 Å². The molecule has 0 bridgehead atoms. The molecule has 1 fully saturated rings. The molecule has 1 amide bonds. The Kier molecular flexibility index (Phi) is 3.44. The van der Waals surface area contributed by atoms with Crippen LogP contribution in [0.15, 0.2) is 18.3 Å². The first kappa shape index (κ1) is 13.7. The van der Waals surface area contributed by atoms with Crippen molar-refractivity contribution in [1.82, 2.24) is 10.3 Å². The maximum atomic E-state index is 13.1. The number of nitrogens with one attached hydrogen (secondary N) is 2. The summed E-state index contributed by atoms with van der Waals surface area (Å²) in [6, 6.07) is 2.12. The molecule has 0 aromatic carbocycles. The zero-order valence-corrected chi connectivity index (χ0v) is 9.72. The number of hydrogen-bond donors (Lipinski definition) is 2. The summed E-state index contributed by atoms with van der Waals surface area (Å²) >= 11 is 0. The van der Waals surface area contributed by atoms with Crippen LogP contribution in [-0.2, 0) is 4.79 Å². The Morgan fingerprint density at radius 1 is 1.42 bits per heavy atom. The molecule has 0 radical (unpaired) electrons. The van der Waals surface area contributed by atoms with E-state index in [1.54, 1.807) is 0 Å². The molecule has 1 unspecified atom stereocenters. The average Bonchev–Trinajstić information content (AvgIpc) is 2.82. The lowest BCUT2D eigenvalue weighted by Gasteiger charge is -2.29. The summed E-state index contributed by atoms with van der Waals surface area (Å²) in [5, 5.41) is 4.67. The highest BCUT2D eigenvalue weighted by Gasteiger charge is 2.61. The number of hydrogen-bond acceptors (Lipinski definition) is 3. The first-order valence-corrected chi connectivity index (χ1v) is 5.56. The molecule has 1 saturated heterocycles. The smallest absolute Gasteiger partial charge is 0.324 e. The molecule has 8 heteroatoms. The molecule has 4 nitrogen and oxygen atoms in total. The predicted molar refractivity (Wildman–Crippen MR) is 58.8 cm³/mol. The molecule has 1 aromatic heterocycles. The third-order valence-electron chi connectivity index (χ3n) is 3.12. The van der Waals surface area contributed by atoms with E-state index in [0.29, 0.717) is 0 Å². The molecule has 2 rings (SSSR count). The van der Waals surface area contributed by atoms with Gasteiger partial charge in [0.25, 0.3) is 0 Å². The summed E-state index contributed by atoms with van der Waals surface area (Å²) in [6.07, 6.45) is -4.00. The summed E-state index contributed by atoms with van der Waals surface area (Å²) in [6.45, 7) is -0.342. The van der Waals surface area contributed by atoms with Gasteiger partial charge in [-0.05, 0) is 25.1 Å². The van der Waals surface area contributed by atoms with Crippen LogP contribution in [0, 0.1) is 11.4 Å². The van der Waals surface area contributed by atoms with Crippen LogP contribution >= 0.6 is 0 Å². The van der Waals surface area contributed by atoms with Crippen LogP contribution in [0.2, 0.25) is 0 Å². The Hall–Kier alpha value is -1.70. The number of nitrogens with zero attached hydrogens (tertiary/aromatic N) is 1. The first-order chi connectivity index (χ1) is 8.85. The second kappa shape index (κ2) is 4.76. The van der Waals surface area contributed by atoms with Gasteiger partial charge in [-0.3, -0.25) is 4.79 Å². The molecule has 1 aliphatic rings. The molecule has 0 aliphatic carbocycles. The molecule has 0 saturated carbocycles. The number of halogens is 4. The van der Waals surface area contributed by atoms with E-state index in [1.807, 2.05) is 0 Å². The van der Waals surface area contributed by atoms with Crippen molar-refractivity contribution in [3.63, 3.8) is 0 Å². The van der Waals surface area contributed by atoms with Crippen molar-refractivity contribution in [2.45, 2.75) is 12.6 Å². The standard InChI is InChI=1S/C11H11F4N3O/c12-8-2-1-7(5-17-8)18-9(19)10(11(13,14)15)3-4-16-6-10/h1-2,5,16H,3-4,6H2,(H,18,19). The van der Waals surface area contributed by atoms with Gasteiger partial charge >= 0.3 is 6.18 Å². The maximum Gasteiger partial charge on any atom is 0.404 e. The number of alkyl halides is 3. The Morgan fingerprint density at radius 3 is 2.63 bits per heavy atom. The third kappa shape index (κ3) is 2.53. The lowest BCUT2D eigenvalue weighted by molar-refractivity contribution is -0.213. The van der Waals surface area contributed by atoms with E-state index < -0.39 is 30.0 Å². The fourth-order valence-corrected chi connectivity index (χ4v) is 1.96. The van der Waals surface area contributed by atoms with E-state index in [-0.39, 0.29) is 18.7 Å². The zero-order valence-electron chi connectivity index (χ0n) is 9.72. The summed E-state index contributed by atoms with van der Waals surface area (Å²) < 4.78 is 51.7. The van der Waals surface area contributed by atoms with E-state index in [9.17, 15) is 22.4 Å². The van der Waals surface area contributed by atoms with Crippen molar-refractivity contribution in [3.05, 3.63) is 24.3 Å². The number of pyridine rings is 1. The Balaban J connectivity index is 2.19. The second-order valence-corrected chi connectivity index (χ2v) is 4.33. The van der Waals surface area contributed by atoms with Crippen LogP contribution in [0.5, 0.6) is 0 Å². The van der Waals surface area contributed by atoms with Crippen molar-refractivity contribution in [2.75, 3.05) is 18.4 Å². The van der Waals surface area contributed by atoms with Gasteiger partial charge in [-0.2, -0.15) is 17.6 Å². The van der Waals surface area contributed by atoms with Crippen LogP contribution in [0.3, 0.4) is 0 Å². The van der Waals surface area contributed by atoms with Crippen molar-refractivity contribution >= 4 is 11.6 Å². The van der Waals surface area contributed by atoms with Crippen molar-refractivity contribution in [3.8, 4) is 0 Å². The van der Waals surface area contributed by atoms with Crippen LogP contribution in [0.25, 0.3) is 0 Å². The Bertz CT molecular complexity index is 466. The molecule has 2 N–H and O–H groups in total. The summed E-state index contributed by atoms with van der Waals surface area (Å²) in [5.74, 6) is -1.93. The molecule has 19 heavy (non-hydrogen) atoms. The quantitative estimate of drug-likeness (QED) is 0.639. The molecule has 1 atom stereocenters. The lowest BCUT2D eigenvalue weighted by atomic mass is 9.85. The minimum atomic E-state index is -4.64. The molecule has 1 aliphatic heterocycles. The topological polar surface area (TPSA) is 54.0 Å². The van der Waals surface area contributed by atoms with Crippen molar-refractivity contribution < 1.29 is 22.4 Å². The SMILES string of the molecule is O=C(Nc1ccc(F)nc1)C1(C(F)(F)F)CCNC1. The van der Waals surface area contributed by atoms with Gasteiger partial charge in [0.15, 0.2) is 5.41 Å². The number of carbonyl (C=O) groups is 1. The predicted octanol–water partition coefficient (Wildman–Crippen LogP) is 1.70. The van der Waals surface area contributed by atoms with Crippen LogP contribution in [0.1, 0.15) is 6.42 Å². The van der Waals surface area contributed by atoms with Gasteiger partial charge in [0.1, 0.15) is 0 Å². The number of aromatic nitrogens is 1. The minimum absolute atomic E-state index is 0.0296. The number of carbonyl (C=O) groups excluding carboxylic acids is 1. The zero-order chi connectivity index (χ0) is 14.1. The number of rotatable bonds is 2. The van der Waals surface area contributed by atoms with Crippen LogP contribution in [0.4, 0.5) is 23.2 Å². The number of amides is 1. The fraction of sp³-hybridized carbons (Fsp3) is 0.455. The third-order valence-corrected chi connectivity index (χ3v) is 3.12. The normalized spacial score (nSPS) is 23.4. The van der Waals surface area contributed by atoms with E-state index in [0.717, 1.165) is 18.3 Å². The maximum absolute atomic E-state index is 13.1. The molecule has 2 heterocycles. The molecular weight excluding hydrogens is 266 g/mol. The van der Waals surface area contributed by atoms with E-state index in [4.69, 9.17) is 0 Å². The van der Waals surface area contributed by atoms with Crippen LogP contribution in [-0.4, -0.2) is 30.2 Å². The van der Waals surface area contributed by atoms with Gasteiger partial charge in [0.05, 0.1) is 11.9 Å². The van der Waals surface area contributed by atoms with Gasteiger partial charge in [-0.1, -0.05) is 0 Å². The Labute approximate surface area is 106 Å². The number of anilines is 1. The van der Waals surface area contributed by atoms with E-state index >= 15 is 0 Å². The highest BCUT2D eigenvalue weighted by molar-refractivity contribution is 5.96. The molecule has 1 aromatic rings. The monoisotopic (exact) mass is 277 g/mol. The highest BCUT2D eigenvalue weighted by atomic mass is 19.4. The van der Waals surface area contributed by atoms with Gasteiger partial charge in [0.2, 0.25) is 11.9 Å².